The molecule has 0 amide bonds. The Kier molecular flexibility index (Phi) is 3.80. The molecule has 72 valence electrons. The van der Waals surface area contributed by atoms with Crippen LogP contribution >= 0.6 is 22.6 Å². The minimum absolute atomic E-state index is 0.0300. The average molecular weight is 292 g/mol. The summed E-state index contributed by atoms with van der Waals surface area (Å²) in [7, 11) is 0. The number of nitrogens with two attached hydrogens (primary N) is 1. The number of benzene rings is 1. The molecule has 0 radical (unpaired) electrons. The molecule has 0 aromatic heterocycles. The molecule has 0 spiro atoms. The van der Waals surface area contributed by atoms with Gasteiger partial charge in [-0.3, -0.25) is 0 Å². The van der Waals surface area contributed by atoms with E-state index in [0.717, 1.165) is 9.26 Å². The molecule has 1 rings (SSSR count). The van der Waals surface area contributed by atoms with E-state index < -0.39 is 0 Å². The molecule has 1 unspecified atom stereocenters. The summed E-state index contributed by atoms with van der Waals surface area (Å²) in [5.74, 6) is 0. The molecule has 1 aromatic carbocycles. The lowest BCUT2D eigenvalue weighted by Crippen LogP contribution is -2.19. The van der Waals surface area contributed by atoms with E-state index in [4.69, 9.17) is 10.8 Å². The molecule has 0 aliphatic carbocycles. The number of aliphatic hydroxyl groups excluding tert-OH is 1. The first-order chi connectivity index (χ1) is 6.13. The van der Waals surface area contributed by atoms with Gasteiger partial charge < -0.3 is 16.2 Å². The van der Waals surface area contributed by atoms with Crippen molar-refractivity contribution < 1.29 is 5.11 Å². The topological polar surface area (TPSA) is 58.3 Å². The van der Waals surface area contributed by atoms with Gasteiger partial charge in [-0.25, -0.2) is 0 Å². The lowest BCUT2D eigenvalue weighted by atomic mass is 10.2. The second-order valence-electron chi connectivity index (χ2n) is 2.96. The smallest absolute Gasteiger partial charge is 0.0630 e. The van der Waals surface area contributed by atoms with Gasteiger partial charge in [0.15, 0.2) is 0 Å². The summed E-state index contributed by atoms with van der Waals surface area (Å²) in [6.07, 6.45) is 0. The summed E-state index contributed by atoms with van der Waals surface area (Å²) in [5, 5.41) is 11.9. The number of nitrogen functional groups attached to an aromatic ring is 1. The molecule has 4 heteroatoms. The van der Waals surface area contributed by atoms with E-state index >= 15 is 0 Å². The quantitative estimate of drug-likeness (QED) is 0.586. The van der Waals surface area contributed by atoms with Gasteiger partial charge >= 0.3 is 0 Å². The van der Waals surface area contributed by atoms with E-state index in [0.29, 0.717) is 5.69 Å². The minimum atomic E-state index is 0.0300. The molecule has 0 aliphatic heterocycles. The van der Waals surface area contributed by atoms with Crippen molar-refractivity contribution in [2.75, 3.05) is 17.7 Å². The maximum absolute atomic E-state index is 8.84. The van der Waals surface area contributed by atoms with Crippen LogP contribution in [-0.4, -0.2) is 17.8 Å². The van der Waals surface area contributed by atoms with Crippen LogP contribution in [0.3, 0.4) is 0 Å². The average Bonchev–Trinajstić information content (AvgIpc) is 2.09. The predicted octanol–water partition coefficient (Wildman–Crippen LogP) is 1.67. The van der Waals surface area contributed by atoms with Crippen LogP contribution in [0, 0.1) is 3.57 Å². The number of aliphatic hydroxyl groups is 1. The zero-order valence-corrected chi connectivity index (χ0v) is 9.58. The standard InChI is InChI=1S/C9H13IN2O/c1-6(5-13)12-9-3-2-7(10)4-8(9)11/h2-4,6,12-13H,5,11H2,1H3. The first kappa shape index (κ1) is 10.6. The van der Waals surface area contributed by atoms with Gasteiger partial charge in [-0.1, -0.05) is 0 Å². The maximum atomic E-state index is 8.84. The summed E-state index contributed by atoms with van der Waals surface area (Å²) < 4.78 is 1.11. The molecule has 0 fully saturated rings. The number of nitrogens with one attached hydrogen (secondary N) is 1. The number of anilines is 2. The summed E-state index contributed by atoms with van der Waals surface area (Å²) in [4.78, 5) is 0. The third-order valence-electron chi connectivity index (χ3n) is 1.69. The minimum Gasteiger partial charge on any atom is -0.397 e. The number of halogens is 1. The Hall–Kier alpha value is -0.490. The Labute approximate surface area is 91.5 Å². The highest BCUT2D eigenvalue weighted by atomic mass is 127. The number of hydrogen-bond acceptors (Lipinski definition) is 3. The van der Waals surface area contributed by atoms with Crippen LogP contribution < -0.4 is 11.1 Å². The van der Waals surface area contributed by atoms with Crippen molar-refractivity contribution in [1.29, 1.82) is 0 Å². The van der Waals surface area contributed by atoms with Crippen molar-refractivity contribution >= 4 is 34.0 Å². The molecule has 13 heavy (non-hydrogen) atoms. The Balaban J connectivity index is 2.77. The Morgan fingerprint density at radius 3 is 2.85 bits per heavy atom. The molecular weight excluding hydrogens is 279 g/mol. The molecule has 0 heterocycles. The monoisotopic (exact) mass is 292 g/mol. The third kappa shape index (κ3) is 3.04. The molecule has 0 aliphatic rings. The van der Waals surface area contributed by atoms with E-state index in [1.165, 1.54) is 0 Å². The Morgan fingerprint density at radius 1 is 1.62 bits per heavy atom. The van der Waals surface area contributed by atoms with Crippen LogP contribution in [0.2, 0.25) is 0 Å². The van der Waals surface area contributed by atoms with Crippen molar-refractivity contribution in [3.8, 4) is 0 Å². The van der Waals surface area contributed by atoms with Crippen molar-refractivity contribution in [2.45, 2.75) is 13.0 Å². The fourth-order valence-corrected chi connectivity index (χ4v) is 1.49. The molecular formula is C9H13IN2O. The Bertz CT molecular complexity index is 291. The van der Waals surface area contributed by atoms with Gasteiger partial charge in [0.2, 0.25) is 0 Å². The molecule has 4 N–H and O–H groups in total. The molecule has 0 saturated heterocycles. The van der Waals surface area contributed by atoms with E-state index in [1.54, 1.807) is 0 Å². The van der Waals surface area contributed by atoms with Gasteiger partial charge in [0.05, 0.1) is 18.0 Å². The SMILES string of the molecule is CC(CO)Nc1ccc(I)cc1N. The van der Waals surface area contributed by atoms with Gasteiger partial charge in [-0.05, 0) is 47.7 Å². The highest BCUT2D eigenvalue weighted by molar-refractivity contribution is 14.1. The second-order valence-corrected chi connectivity index (χ2v) is 4.21. The highest BCUT2D eigenvalue weighted by Gasteiger charge is 2.02. The van der Waals surface area contributed by atoms with E-state index in [-0.39, 0.29) is 12.6 Å². The van der Waals surface area contributed by atoms with E-state index in [9.17, 15) is 0 Å². The molecule has 1 atom stereocenters. The van der Waals surface area contributed by atoms with Crippen LogP contribution in [0.5, 0.6) is 0 Å². The molecule has 1 aromatic rings. The lowest BCUT2D eigenvalue weighted by Gasteiger charge is -2.14. The number of hydrogen-bond donors (Lipinski definition) is 3. The van der Waals surface area contributed by atoms with Crippen LogP contribution in [0.15, 0.2) is 18.2 Å². The zero-order valence-electron chi connectivity index (χ0n) is 7.42. The largest absolute Gasteiger partial charge is 0.397 e. The first-order valence-corrected chi connectivity index (χ1v) is 5.13. The summed E-state index contributed by atoms with van der Waals surface area (Å²) in [6, 6.07) is 5.82. The normalized spacial score (nSPS) is 12.5. The number of rotatable bonds is 3. The van der Waals surface area contributed by atoms with E-state index in [2.05, 4.69) is 27.9 Å². The van der Waals surface area contributed by atoms with Gasteiger partial charge in [-0.15, -0.1) is 0 Å². The zero-order chi connectivity index (χ0) is 9.84. The van der Waals surface area contributed by atoms with E-state index in [1.807, 2.05) is 25.1 Å². The second kappa shape index (κ2) is 4.66. The van der Waals surface area contributed by atoms with Crippen LogP contribution in [-0.2, 0) is 0 Å². The third-order valence-corrected chi connectivity index (χ3v) is 2.36. The summed E-state index contributed by atoms with van der Waals surface area (Å²) >= 11 is 2.21. The van der Waals surface area contributed by atoms with Gasteiger partial charge in [0.1, 0.15) is 0 Å². The summed E-state index contributed by atoms with van der Waals surface area (Å²) in [6.45, 7) is 2.00. The maximum Gasteiger partial charge on any atom is 0.0630 e. The first-order valence-electron chi connectivity index (χ1n) is 4.06. The van der Waals surface area contributed by atoms with Crippen molar-refractivity contribution in [2.24, 2.45) is 0 Å². The summed E-state index contributed by atoms with van der Waals surface area (Å²) in [5.41, 5.74) is 7.37. The fourth-order valence-electron chi connectivity index (χ4n) is 0.976. The van der Waals surface area contributed by atoms with Gasteiger partial charge in [0, 0.05) is 9.61 Å². The molecule has 3 nitrogen and oxygen atoms in total. The van der Waals surface area contributed by atoms with Crippen LogP contribution in [0.4, 0.5) is 11.4 Å². The van der Waals surface area contributed by atoms with Crippen molar-refractivity contribution in [1.82, 2.24) is 0 Å². The van der Waals surface area contributed by atoms with Gasteiger partial charge in [0.25, 0.3) is 0 Å². The van der Waals surface area contributed by atoms with Crippen LogP contribution in [0.25, 0.3) is 0 Å². The lowest BCUT2D eigenvalue weighted by molar-refractivity contribution is 0.281. The fraction of sp³-hybridized carbons (Fsp3) is 0.333. The molecule has 0 saturated carbocycles. The molecule has 0 bridgehead atoms. The van der Waals surface area contributed by atoms with Crippen LogP contribution in [0.1, 0.15) is 6.92 Å². The van der Waals surface area contributed by atoms with Crippen molar-refractivity contribution in [3.63, 3.8) is 0 Å². The predicted molar refractivity (Wildman–Crippen MR) is 63.7 cm³/mol. The Morgan fingerprint density at radius 2 is 2.31 bits per heavy atom. The highest BCUT2D eigenvalue weighted by Crippen LogP contribution is 2.21. The van der Waals surface area contributed by atoms with Gasteiger partial charge in [-0.2, -0.15) is 0 Å². The van der Waals surface area contributed by atoms with Crippen molar-refractivity contribution in [3.05, 3.63) is 21.8 Å².